The van der Waals surface area contributed by atoms with Gasteiger partial charge in [-0.15, -0.1) is 0 Å². The minimum absolute atomic E-state index is 0.0142. The molecule has 0 radical (unpaired) electrons. The average molecular weight is 295 g/mol. The van der Waals surface area contributed by atoms with Crippen LogP contribution < -0.4 is 5.32 Å². The zero-order chi connectivity index (χ0) is 15.4. The molecule has 120 valence electrons. The lowest BCUT2D eigenvalue weighted by molar-refractivity contribution is -0.141. The lowest BCUT2D eigenvalue weighted by Gasteiger charge is -2.30. The van der Waals surface area contributed by atoms with Gasteiger partial charge >= 0.3 is 0 Å². The number of nitrogens with one attached hydrogen (secondary N) is 1. The maximum Gasteiger partial charge on any atom is 0.247 e. The summed E-state index contributed by atoms with van der Waals surface area (Å²) >= 11 is 0. The summed E-state index contributed by atoms with van der Waals surface area (Å²) in [5.74, 6) is 0.771. The Kier molecular flexibility index (Phi) is 5.76. The molecule has 2 aliphatic heterocycles. The lowest BCUT2D eigenvalue weighted by Crippen LogP contribution is -2.45. The fourth-order valence-corrected chi connectivity index (χ4v) is 3.14. The molecule has 2 aliphatic rings. The van der Waals surface area contributed by atoms with Crippen LogP contribution in [0.3, 0.4) is 0 Å². The van der Waals surface area contributed by atoms with Crippen LogP contribution in [0, 0.1) is 5.92 Å². The molecule has 2 rings (SSSR count). The smallest absolute Gasteiger partial charge is 0.247 e. The number of imide groups is 1. The van der Waals surface area contributed by atoms with Crippen molar-refractivity contribution in [1.29, 1.82) is 0 Å². The van der Waals surface area contributed by atoms with Gasteiger partial charge < -0.3 is 10.2 Å². The zero-order valence-electron chi connectivity index (χ0n) is 13.6. The Labute approximate surface area is 128 Å². The molecular formula is C16H29N3O2. The Morgan fingerprint density at radius 1 is 1.29 bits per heavy atom. The molecular weight excluding hydrogens is 266 g/mol. The molecule has 0 aromatic heterocycles. The fourth-order valence-electron chi connectivity index (χ4n) is 3.14. The number of likely N-dealkylation sites (tertiary alicyclic amines) is 2. The van der Waals surface area contributed by atoms with Gasteiger partial charge in [0.1, 0.15) is 0 Å². The summed E-state index contributed by atoms with van der Waals surface area (Å²) in [5.41, 5.74) is 0. The van der Waals surface area contributed by atoms with Crippen LogP contribution >= 0.6 is 0 Å². The van der Waals surface area contributed by atoms with Crippen LogP contribution in [-0.2, 0) is 9.59 Å². The number of amides is 2. The molecule has 0 aliphatic carbocycles. The maximum absolute atomic E-state index is 12.3. The highest BCUT2D eigenvalue weighted by Gasteiger charge is 2.40. The van der Waals surface area contributed by atoms with Crippen LogP contribution in [0.15, 0.2) is 0 Å². The highest BCUT2D eigenvalue weighted by atomic mass is 16.2. The van der Waals surface area contributed by atoms with E-state index in [4.69, 9.17) is 0 Å². The predicted octanol–water partition coefficient (Wildman–Crippen LogP) is 1.23. The Morgan fingerprint density at radius 3 is 2.57 bits per heavy atom. The minimum Gasteiger partial charge on any atom is -0.304 e. The predicted molar refractivity (Wildman–Crippen MR) is 82.9 cm³/mol. The molecule has 2 saturated heterocycles. The van der Waals surface area contributed by atoms with Crippen LogP contribution in [0.25, 0.3) is 0 Å². The van der Waals surface area contributed by atoms with Crippen molar-refractivity contribution in [3.63, 3.8) is 0 Å². The van der Waals surface area contributed by atoms with Crippen molar-refractivity contribution in [2.24, 2.45) is 5.92 Å². The van der Waals surface area contributed by atoms with Crippen molar-refractivity contribution in [3.05, 3.63) is 0 Å². The average Bonchev–Trinajstić information content (AvgIpc) is 2.75. The van der Waals surface area contributed by atoms with Crippen molar-refractivity contribution in [2.45, 2.75) is 58.5 Å². The maximum atomic E-state index is 12.3. The Balaban J connectivity index is 1.74. The third kappa shape index (κ3) is 4.04. The zero-order valence-corrected chi connectivity index (χ0v) is 13.6. The molecule has 0 aromatic rings. The van der Waals surface area contributed by atoms with E-state index >= 15 is 0 Å². The van der Waals surface area contributed by atoms with Gasteiger partial charge in [-0.1, -0.05) is 13.8 Å². The number of hydrogen-bond acceptors (Lipinski definition) is 4. The number of carbonyl (C=O) groups excluding carboxylic acids is 2. The summed E-state index contributed by atoms with van der Waals surface area (Å²) in [5, 5.41) is 3.28. The van der Waals surface area contributed by atoms with E-state index in [1.165, 1.54) is 17.7 Å². The summed E-state index contributed by atoms with van der Waals surface area (Å²) < 4.78 is 0. The van der Waals surface area contributed by atoms with Gasteiger partial charge in [-0.25, -0.2) is 0 Å². The van der Waals surface area contributed by atoms with E-state index in [-0.39, 0.29) is 23.9 Å². The van der Waals surface area contributed by atoms with E-state index in [9.17, 15) is 9.59 Å². The standard InChI is InChI=1S/C16H29N3O2/c1-4-13(3)19-15(20)11-14(16(19)21)17-7-10-18-8-5-12(2)6-9-18/h12-14,17H,4-11H2,1-3H3. The Morgan fingerprint density at radius 2 is 1.95 bits per heavy atom. The molecule has 2 amide bonds. The quantitative estimate of drug-likeness (QED) is 0.749. The number of nitrogens with zero attached hydrogens (tertiary/aromatic N) is 2. The minimum atomic E-state index is -0.310. The fraction of sp³-hybridized carbons (Fsp3) is 0.875. The molecule has 5 nitrogen and oxygen atoms in total. The molecule has 0 aromatic carbocycles. The van der Waals surface area contributed by atoms with E-state index in [1.54, 1.807) is 0 Å². The van der Waals surface area contributed by atoms with Crippen molar-refractivity contribution >= 4 is 11.8 Å². The van der Waals surface area contributed by atoms with E-state index in [0.29, 0.717) is 6.42 Å². The van der Waals surface area contributed by atoms with E-state index in [2.05, 4.69) is 17.1 Å². The van der Waals surface area contributed by atoms with E-state index in [0.717, 1.165) is 38.5 Å². The summed E-state index contributed by atoms with van der Waals surface area (Å²) in [6.45, 7) is 10.3. The summed E-state index contributed by atoms with van der Waals surface area (Å²) in [6.07, 6.45) is 3.67. The SMILES string of the molecule is CCC(C)N1C(=O)CC(NCCN2CCC(C)CC2)C1=O. The molecule has 2 fully saturated rings. The van der Waals surface area contributed by atoms with Gasteiger partial charge in [0.25, 0.3) is 0 Å². The van der Waals surface area contributed by atoms with Gasteiger partial charge in [0, 0.05) is 19.1 Å². The normalized spacial score (nSPS) is 26.6. The van der Waals surface area contributed by atoms with Crippen molar-refractivity contribution in [3.8, 4) is 0 Å². The van der Waals surface area contributed by atoms with Crippen LogP contribution in [-0.4, -0.2) is 59.9 Å². The third-order valence-corrected chi connectivity index (χ3v) is 4.91. The second kappa shape index (κ2) is 7.36. The lowest BCUT2D eigenvalue weighted by atomic mass is 9.99. The molecule has 0 saturated carbocycles. The first-order valence-electron chi connectivity index (χ1n) is 8.34. The Hall–Kier alpha value is -0.940. The summed E-state index contributed by atoms with van der Waals surface area (Å²) in [4.78, 5) is 28.1. The molecule has 2 heterocycles. The first-order chi connectivity index (χ1) is 10.0. The van der Waals surface area contributed by atoms with Crippen molar-refractivity contribution < 1.29 is 9.59 Å². The number of rotatable bonds is 6. The van der Waals surface area contributed by atoms with E-state index in [1.807, 2.05) is 13.8 Å². The van der Waals surface area contributed by atoms with Gasteiger partial charge in [-0.3, -0.25) is 14.5 Å². The van der Waals surface area contributed by atoms with Crippen LogP contribution in [0.4, 0.5) is 0 Å². The van der Waals surface area contributed by atoms with Crippen molar-refractivity contribution in [1.82, 2.24) is 15.1 Å². The van der Waals surface area contributed by atoms with Gasteiger partial charge in [-0.2, -0.15) is 0 Å². The second-order valence-electron chi connectivity index (χ2n) is 6.59. The number of carbonyl (C=O) groups is 2. The topological polar surface area (TPSA) is 52.7 Å². The molecule has 2 atom stereocenters. The molecule has 0 bridgehead atoms. The van der Waals surface area contributed by atoms with E-state index < -0.39 is 0 Å². The molecule has 0 spiro atoms. The first kappa shape index (κ1) is 16.4. The van der Waals surface area contributed by atoms with Crippen molar-refractivity contribution in [2.75, 3.05) is 26.2 Å². The molecule has 1 N–H and O–H groups in total. The van der Waals surface area contributed by atoms with Crippen LogP contribution in [0.1, 0.15) is 46.5 Å². The van der Waals surface area contributed by atoms with Crippen LogP contribution in [0.2, 0.25) is 0 Å². The molecule has 5 heteroatoms. The molecule has 21 heavy (non-hydrogen) atoms. The monoisotopic (exact) mass is 295 g/mol. The van der Waals surface area contributed by atoms with Gasteiger partial charge in [0.05, 0.1) is 12.5 Å². The highest BCUT2D eigenvalue weighted by molar-refractivity contribution is 6.05. The molecule has 2 unspecified atom stereocenters. The second-order valence-corrected chi connectivity index (χ2v) is 6.59. The third-order valence-electron chi connectivity index (χ3n) is 4.91. The number of hydrogen-bond donors (Lipinski definition) is 1. The van der Waals surface area contributed by atoms with Crippen LogP contribution in [0.5, 0.6) is 0 Å². The van der Waals surface area contributed by atoms with Gasteiger partial charge in [0.15, 0.2) is 0 Å². The number of piperidine rings is 1. The summed E-state index contributed by atoms with van der Waals surface area (Å²) in [6, 6.07) is -0.296. The highest BCUT2D eigenvalue weighted by Crippen LogP contribution is 2.18. The summed E-state index contributed by atoms with van der Waals surface area (Å²) in [7, 11) is 0. The van der Waals surface area contributed by atoms with Gasteiger partial charge in [0.2, 0.25) is 11.8 Å². The first-order valence-corrected chi connectivity index (χ1v) is 8.34. The Bertz CT molecular complexity index is 378. The largest absolute Gasteiger partial charge is 0.304 e. The van der Waals surface area contributed by atoms with Gasteiger partial charge in [-0.05, 0) is 45.2 Å².